The standard InChI is InChI=1S/C21H23N5O5S2/c1-13-2-3-16-22-18(24-6-4-23(5-7-24)8-9-27)14(19(30)25(16)11-13)10-15-20(31)26(12-17(28)29)21(32)33-15/h2-3,10-11,27H,4-9,12H2,1H3,(H,28,29)/b15-10+. The number of anilines is 1. The van der Waals surface area contributed by atoms with Crippen molar-refractivity contribution in [2.45, 2.75) is 6.92 Å². The Labute approximate surface area is 199 Å². The van der Waals surface area contributed by atoms with Gasteiger partial charge in [-0.1, -0.05) is 30.0 Å². The summed E-state index contributed by atoms with van der Waals surface area (Å²) in [7, 11) is 0. The van der Waals surface area contributed by atoms with Crippen LogP contribution in [-0.2, 0) is 9.59 Å². The van der Waals surface area contributed by atoms with E-state index < -0.39 is 18.4 Å². The smallest absolute Gasteiger partial charge is 0.323 e. The average Bonchev–Trinajstić information content (AvgIpc) is 3.04. The van der Waals surface area contributed by atoms with E-state index in [0.717, 1.165) is 22.2 Å². The van der Waals surface area contributed by atoms with Crippen LogP contribution in [0.1, 0.15) is 11.1 Å². The fourth-order valence-electron chi connectivity index (χ4n) is 3.84. The maximum atomic E-state index is 13.5. The molecule has 0 atom stereocenters. The van der Waals surface area contributed by atoms with Crippen LogP contribution in [-0.4, -0.2) is 91.5 Å². The van der Waals surface area contributed by atoms with E-state index in [9.17, 15) is 19.5 Å². The van der Waals surface area contributed by atoms with Gasteiger partial charge in [0.2, 0.25) is 0 Å². The first-order chi connectivity index (χ1) is 15.8. The topological polar surface area (TPSA) is 119 Å². The molecule has 4 rings (SSSR count). The molecule has 12 heteroatoms. The molecule has 2 aromatic rings. The predicted molar refractivity (Wildman–Crippen MR) is 129 cm³/mol. The number of nitrogens with zero attached hydrogens (tertiary/aromatic N) is 5. The maximum absolute atomic E-state index is 13.5. The van der Waals surface area contributed by atoms with E-state index in [4.69, 9.17) is 22.3 Å². The molecule has 0 unspecified atom stereocenters. The summed E-state index contributed by atoms with van der Waals surface area (Å²) in [6, 6.07) is 3.65. The fraction of sp³-hybridized carbons (Fsp3) is 0.381. The largest absolute Gasteiger partial charge is 0.480 e. The van der Waals surface area contributed by atoms with Crippen LogP contribution < -0.4 is 10.5 Å². The van der Waals surface area contributed by atoms with Gasteiger partial charge >= 0.3 is 5.97 Å². The third-order valence-electron chi connectivity index (χ3n) is 5.52. The number of rotatable bonds is 6. The number of piperazine rings is 1. The molecule has 174 valence electrons. The monoisotopic (exact) mass is 489 g/mol. The highest BCUT2D eigenvalue weighted by atomic mass is 32.2. The molecule has 33 heavy (non-hydrogen) atoms. The highest BCUT2D eigenvalue weighted by Crippen LogP contribution is 2.33. The molecule has 0 bridgehead atoms. The van der Waals surface area contributed by atoms with Gasteiger partial charge in [-0.25, -0.2) is 4.98 Å². The van der Waals surface area contributed by atoms with Gasteiger partial charge in [0.1, 0.15) is 22.3 Å². The van der Waals surface area contributed by atoms with Crippen LogP contribution in [0.25, 0.3) is 11.7 Å². The van der Waals surface area contributed by atoms with Crippen LogP contribution in [0.5, 0.6) is 0 Å². The van der Waals surface area contributed by atoms with Gasteiger partial charge in [-0.3, -0.25) is 28.6 Å². The number of aryl methyl sites for hydroxylation is 1. The zero-order chi connectivity index (χ0) is 23.7. The highest BCUT2D eigenvalue weighted by molar-refractivity contribution is 8.26. The molecule has 2 N–H and O–H groups in total. The van der Waals surface area contributed by atoms with Crippen molar-refractivity contribution in [3.8, 4) is 0 Å². The van der Waals surface area contributed by atoms with Gasteiger partial charge in [-0.05, 0) is 24.6 Å². The molecular weight excluding hydrogens is 466 g/mol. The molecule has 0 spiro atoms. The first-order valence-electron chi connectivity index (χ1n) is 10.4. The van der Waals surface area contributed by atoms with Gasteiger partial charge in [-0.15, -0.1) is 0 Å². The lowest BCUT2D eigenvalue weighted by atomic mass is 10.2. The number of carboxylic acids is 1. The van der Waals surface area contributed by atoms with Gasteiger partial charge in [0.15, 0.2) is 0 Å². The molecule has 0 saturated carbocycles. The third-order valence-corrected chi connectivity index (χ3v) is 6.89. The molecule has 2 aliphatic heterocycles. The molecule has 0 radical (unpaired) electrons. The van der Waals surface area contributed by atoms with Crippen LogP contribution in [0.2, 0.25) is 0 Å². The van der Waals surface area contributed by atoms with Crippen LogP contribution in [0.3, 0.4) is 0 Å². The average molecular weight is 490 g/mol. The van der Waals surface area contributed by atoms with Crippen LogP contribution >= 0.6 is 24.0 Å². The van der Waals surface area contributed by atoms with Crippen LogP contribution in [0.4, 0.5) is 5.82 Å². The fourth-order valence-corrected chi connectivity index (χ4v) is 5.08. The zero-order valence-electron chi connectivity index (χ0n) is 17.9. The second kappa shape index (κ2) is 9.59. The van der Waals surface area contributed by atoms with E-state index in [1.165, 1.54) is 10.5 Å². The second-order valence-corrected chi connectivity index (χ2v) is 9.48. The molecule has 0 aromatic carbocycles. The Balaban J connectivity index is 1.79. The van der Waals surface area contributed by atoms with Gasteiger partial charge in [0, 0.05) is 38.9 Å². The van der Waals surface area contributed by atoms with Crippen molar-refractivity contribution in [2.24, 2.45) is 0 Å². The lowest BCUT2D eigenvalue weighted by Crippen LogP contribution is -2.48. The molecule has 10 nitrogen and oxygen atoms in total. The minimum atomic E-state index is -1.17. The molecule has 1 amide bonds. The Morgan fingerprint density at radius 2 is 1.97 bits per heavy atom. The molecule has 4 heterocycles. The number of carbonyl (C=O) groups is 2. The number of thiocarbonyl (C=S) groups is 1. The first-order valence-corrected chi connectivity index (χ1v) is 11.6. The van der Waals surface area contributed by atoms with E-state index in [1.54, 1.807) is 12.3 Å². The van der Waals surface area contributed by atoms with E-state index in [1.807, 2.05) is 17.9 Å². The van der Waals surface area contributed by atoms with E-state index >= 15 is 0 Å². The SMILES string of the molecule is Cc1ccc2nc(N3CCN(CCO)CC3)c(/C=C3/SC(=S)N(CC(=O)O)C3=O)c(=O)n2c1. The molecule has 2 aromatic heterocycles. The van der Waals surface area contributed by atoms with Crippen molar-refractivity contribution < 1.29 is 19.8 Å². The van der Waals surface area contributed by atoms with E-state index in [-0.39, 0.29) is 27.0 Å². The van der Waals surface area contributed by atoms with Gasteiger partial charge in [0.05, 0.1) is 17.1 Å². The number of pyridine rings is 1. The number of aliphatic carboxylic acids is 1. The van der Waals surface area contributed by atoms with Gasteiger partial charge in [0.25, 0.3) is 11.5 Å². The first kappa shape index (κ1) is 23.4. The summed E-state index contributed by atoms with van der Waals surface area (Å²) in [6.45, 7) is 4.63. The molecular formula is C21H23N5O5S2. The molecule has 2 aliphatic rings. The van der Waals surface area contributed by atoms with Crippen molar-refractivity contribution >= 4 is 57.7 Å². The summed E-state index contributed by atoms with van der Waals surface area (Å²) in [5, 5.41) is 18.3. The molecule has 2 saturated heterocycles. The van der Waals surface area contributed by atoms with Crippen molar-refractivity contribution in [3.63, 3.8) is 0 Å². The van der Waals surface area contributed by atoms with Crippen molar-refractivity contribution in [1.29, 1.82) is 0 Å². The van der Waals surface area contributed by atoms with Crippen LogP contribution in [0.15, 0.2) is 28.0 Å². The number of carboxylic acid groups (broad SMARTS) is 1. The minimum Gasteiger partial charge on any atom is -0.480 e. The third kappa shape index (κ3) is 4.78. The highest BCUT2D eigenvalue weighted by Gasteiger charge is 2.34. The number of amides is 1. The summed E-state index contributed by atoms with van der Waals surface area (Å²) in [5.41, 5.74) is 1.31. The van der Waals surface area contributed by atoms with Crippen molar-refractivity contribution in [2.75, 3.05) is 50.8 Å². The quantitative estimate of drug-likeness (QED) is 0.436. The normalized spacial score (nSPS) is 18.7. The summed E-state index contributed by atoms with van der Waals surface area (Å²) < 4.78 is 1.59. The predicted octanol–water partition coefficient (Wildman–Crippen LogP) is 0.403. The Morgan fingerprint density at radius 3 is 2.64 bits per heavy atom. The maximum Gasteiger partial charge on any atom is 0.323 e. The number of thioether (sulfide) groups is 1. The van der Waals surface area contributed by atoms with Crippen molar-refractivity contribution in [1.82, 2.24) is 19.2 Å². The number of fused-ring (bicyclic) bond motifs is 1. The van der Waals surface area contributed by atoms with Gasteiger partial charge in [-0.2, -0.15) is 0 Å². The summed E-state index contributed by atoms with van der Waals surface area (Å²) in [5.74, 6) is -1.24. The van der Waals surface area contributed by atoms with E-state index in [0.29, 0.717) is 44.2 Å². The Morgan fingerprint density at radius 1 is 1.24 bits per heavy atom. The molecule has 0 aliphatic carbocycles. The Hall–Kier alpha value is -2.80. The number of aliphatic hydroxyl groups is 1. The second-order valence-electron chi connectivity index (χ2n) is 7.80. The Kier molecular flexibility index (Phi) is 6.79. The summed E-state index contributed by atoms with van der Waals surface area (Å²) in [6.07, 6.45) is 3.17. The number of aliphatic hydroxyl groups excluding tert-OH is 1. The summed E-state index contributed by atoms with van der Waals surface area (Å²) in [4.78, 5) is 47.5. The number of β-amino-alcohol motifs (C(OH)–C–C–N with tert-alkyl or cyclic N) is 1. The van der Waals surface area contributed by atoms with Crippen molar-refractivity contribution in [3.05, 3.63) is 44.7 Å². The lowest BCUT2D eigenvalue weighted by Gasteiger charge is -2.35. The van der Waals surface area contributed by atoms with Crippen LogP contribution in [0, 0.1) is 6.92 Å². The molecule has 2 fully saturated rings. The number of hydrogen-bond acceptors (Lipinski definition) is 9. The number of aromatic nitrogens is 2. The van der Waals surface area contributed by atoms with Gasteiger partial charge < -0.3 is 15.1 Å². The zero-order valence-corrected chi connectivity index (χ0v) is 19.6. The lowest BCUT2D eigenvalue weighted by molar-refractivity contribution is -0.140. The summed E-state index contributed by atoms with van der Waals surface area (Å²) >= 11 is 6.15. The Bertz CT molecular complexity index is 1220. The number of carbonyl (C=O) groups excluding carboxylic acids is 1. The number of hydrogen-bond donors (Lipinski definition) is 2. The van der Waals surface area contributed by atoms with E-state index in [2.05, 4.69) is 4.90 Å². The minimum absolute atomic E-state index is 0.0817.